The first-order chi connectivity index (χ1) is 10.8. The predicted octanol–water partition coefficient (Wildman–Crippen LogP) is 1.82. The van der Waals surface area contributed by atoms with E-state index in [0.717, 1.165) is 30.8 Å². The largest absolute Gasteiger partial charge is 0.375 e. The van der Waals surface area contributed by atoms with E-state index in [1.807, 2.05) is 35.2 Å². The van der Waals surface area contributed by atoms with Crippen molar-refractivity contribution < 1.29 is 9.53 Å². The van der Waals surface area contributed by atoms with Crippen molar-refractivity contribution in [1.29, 1.82) is 0 Å². The van der Waals surface area contributed by atoms with Gasteiger partial charge in [-0.15, -0.1) is 0 Å². The number of methoxy groups -OCH3 is 1. The van der Waals surface area contributed by atoms with Gasteiger partial charge < -0.3 is 9.64 Å². The van der Waals surface area contributed by atoms with E-state index in [4.69, 9.17) is 4.74 Å². The summed E-state index contributed by atoms with van der Waals surface area (Å²) in [6.07, 6.45) is 1.99. The number of rotatable bonds is 4. The third-order valence-electron chi connectivity index (χ3n) is 3.96. The van der Waals surface area contributed by atoms with Crippen molar-refractivity contribution in [3.63, 3.8) is 0 Å². The molecule has 2 aromatic rings. The Hall–Kier alpha value is -2.21. The minimum Gasteiger partial charge on any atom is -0.375 e. The number of carbonyl (C=O) groups excluding carboxylic acids is 1. The number of carbonyl (C=O) groups is 1. The molecular weight excluding hydrogens is 280 g/mol. The number of amides is 1. The fourth-order valence-corrected chi connectivity index (χ4v) is 2.81. The zero-order valence-corrected chi connectivity index (χ0v) is 12.7. The number of aromatic amines is 1. The Morgan fingerprint density at radius 3 is 3.00 bits per heavy atom. The number of aromatic nitrogens is 3. The summed E-state index contributed by atoms with van der Waals surface area (Å²) in [5.74, 6) is 1.80. The van der Waals surface area contributed by atoms with E-state index < -0.39 is 0 Å². The maximum Gasteiger partial charge on any atom is 0.248 e. The number of hydrogen-bond donors (Lipinski definition) is 1. The number of benzene rings is 1. The summed E-state index contributed by atoms with van der Waals surface area (Å²) in [6.45, 7) is 1.60. The van der Waals surface area contributed by atoms with Crippen LogP contribution in [-0.2, 0) is 9.53 Å². The van der Waals surface area contributed by atoms with Crippen molar-refractivity contribution in [3.05, 3.63) is 36.2 Å². The summed E-state index contributed by atoms with van der Waals surface area (Å²) < 4.78 is 4.93. The Kier molecular flexibility index (Phi) is 4.48. The van der Waals surface area contributed by atoms with Crippen LogP contribution in [0.25, 0.3) is 11.4 Å². The molecule has 1 aromatic heterocycles. The lowest BCUT2D eigenvalue weighted by Crippen LogP contribution is -2.41. The van der Waals surface area contributed by atoms with Crippen LogP contribution in [0.15, 0.2) is 30.3 Å². The molecule has 1 N–H and O–H groups in total. The smallest absolute Gasteiger partial charge is 0.248 e. The van der Waals surface area contributed by atoms with E-state index in [2.05, 4.69) is 15.2 Å². The summed E-state index contributed by atoms with van der Waals surface area (Å²) in [6, 6.07) is 9.89. The third-order valence-corrected chi connectivity index (χ3v) is 3.96. The average Bonchev–Trinajstić information content (AvgIpc) is 3.06. The molecule has 0 saturated carbocycles. The molecule has 0 spiro atoms. The molecule has 6 nitrogen and oxygen atoms in total. The van der Waals surface area contributed by atoms with Gasteiger partial charge >= 0.3 is 0 Å². The Balaban J connectivity index is 1.72. The van der Waals surface area contributed by atoms with E-state index in [0.29, 0.717) is 12.4 Å². The molecule has 0 bridgehead atoms. The first-order valence-electron chi connectivity index (χ1n) is 7.52. The second-order valence-corrected chi connectivity index (χ2v) is 5.52. The number of nitrogens with one attached hydrogen (secondary N) is 1. The van der Waals surface area contributed by atoms with E-state index >= 15 is 0 Å². The molecular formula is C16H20N4O2. The third kappa shape index (κ3) is 3.17. The maximum atomic E-state index is 12.0. The molecule has 2 heterocycles. The van der Waals surface area contributed by atoms with Gasteiger partial charge in [-0.1, -0.05) is 30.3 Å². The molecule has 0 unspecified atom stereocenters. The number of likely N-dealkylation sites (tertiary alicyclic amines) is 1. The van der Waals surface area contributed by atoms with Crippen molar-refractivity contribution in [2.24, 2.45) is 0 Å². The Morgan fingerprint density at radius 1 is 1.41 bits per heavy atom. The first kappa shape index (κ1) is 14.7. The molecule has 3 rings (SSSR count). The molecule has 116 valence electrons. The molecule has 0 radical (unpaired) electrons. The van der Waals surface area contributed by atoms with Gasteiger partial charge in [0.25, 0.3) is 0 Å². The zero-order chi connectivity index (χ0) is 15.4. The second-order valence-electron chi connectivity index (χ2n) is 5.52. The van der Waals surface area contributed by atoms with Gasteiger partial charge in [0.05, 0.1) is 0 Å². The predicted molar refractivity (Wildman–Crippen MR) is 82.2 cm³/mol. The summed E-state index contributed by atoms with van der Waals surface area (Å²) in [4.78, 5) is 18.4. The van der Waals surface area contributed by atoms with Crippen LogP contribution in [0.1, 0.15) is 24.6 Å². The lowest BCUT2D eigenvalue weighted by molar-refractivity contribution is -0.136. The quantitative estimate of drug-likeness (QED) is 0.935. The van der Waals surface area contributed by atoms with Crippen LogP contribution in [0.2, 0.25) is 0 Å². The number of H-pyrrole nitrogens is 1. The van der Waals surface area contributed by atoms with Crippen LogP contribution >= 0.6 is 0 Å². The Bertz CT molecular complexity index is 626. The fourth-order valence-electron chi connectivity index (χ4n) is 2.81. The monoisotopic (exact) mass is 300 g/mol. The van der Waals surface area contributed by atoms with Gasteiger partial charge in [0.2, 0.25) is 5.91 Å². The van der Waals surface area contributed by atoms with Crippen molar-refractivity contribution in [2.45, 2.75) is 18.8 Å². The van der Waals surface area contributed by atoms with E-state index in [1.54, 1.807) is 7.11 Å². The lowest BCUT2D eigenvalue weighted by atomic mass is 9.97. The molecule has 6 heteroatoms. The molecule has 1 atom stereocenters. The highest BCUT2D eigenvalue weighted by Gasteiger charge is 2.26. The van der Waals surface area contributed by atoms with Crippen molar-refractivity contribution in [2.75, 3.05) is 26.8 Å². The van der Waals surface area contributed by atoms with Gasteiger partial charge in [0, 0.05) is 31.7 Å². The summed E-state index contributed by atoms with van der Waals surface area (Å²) in [5, 5.41) is 7.34. The van der Waals surface area contributed by atoms with Crippen LogP contribution in [-0.4, -0.2) is 52.8 Å². The minimum absolute atomic E-state index is 0.0370. The van der Waals surface area contributed by atoms with Crippen LogP contribution in [0, 0.1) is 0 Å². The standard InChI is InChI=1S/C16H20N4O2/c1-22-11-14(21)20-9-5-8-13(10-20)16-17-15(18-19-16)12-6-3-2-4-7-12/h2-4,6-7,13H,5,8-11H2,1H3,(H,17,18,19)/t13-/m1/s1. The molecule has 1 saturated heterocycles. The normalized spacial score (nSPS) is 18.4. The first-order valence-corrected chi connectivity index (χ1v) is 7.52. The summed E-state index contributed by atoms with van der Waals surface area (Å²) in [7, 11) is 1.54. The van der Waals surface area contributed by atoms with Gasteiger partial charge in [0.15, 0.2) is 5.82 Å². The van der Waals surface area contributed by atoms with Crippen molar-refractivity contribution >= 4 is 5.91 Å². The van der Waals surface area contributed by atoms with E-state index in [9.17, 15) is 4.79 Å². The molecule has 1 aromatic carbocycles. The SMILES string of the molecule is COCC(=O)N1CCC[C@@H](c2nc(-c3ccccc3)n[nH]2)C1. The molecule has 1 aliphatic rings. The van der Waals surface area contributed by atoms with Gasteiger partial charge in [-0.05, 0) is 12.8 Å². The van der Waals surface area contributed by atoms with Gasteiger partial charge in [0.1, 0.15) is 12.4 Å². The molecule has 1 fully saturated rings. The summed E-state index contributed by atoms with van der Waals surface area (Å²) in [5.41, 5.74) is 0.994. The maximum absolute atomic E-state index is 12.0. The van der Waals surface area contributed by atoms with Gasteiger partial charge in [-0.2, -0.15) is 5.10 Å². The molecule has 0 aliphatic carbocycles. The lowest BCUT2D eigenvalue weighted by Gasteiger charge is -2.31. The van der Waals surface area contributed by atoms with E-state index in [-0.39, 0.29) is 18.4 Å². The molecule has 1 amide bonds. The van der Waals surface area contributed by atoms with Crippen LogP contribution in [0.5, 0.6) is 0 Å². The van der Waals surface area contributed by atoms with Crippen LogP contribution in [0.3, 0.4) is 0 Å². The number of piperidine rings is 1. The average molecular weight is 300 g/mol. The summed E-state index contributed by atoms with van der Waals surface area (Å²) >= 11 is 0. The number of hydrogen-bond acceptors (Lipinski definition) is 4. The molecule has 1 aliphatic heterocycles. The van der Waals surface area contributed by atoms with Gasteiger partial charge in [-0.3, -0.25) is 9.89 Å². The van der Waals surface area contributed by atoms with Crippen molar-refractivity contribution in [1.82, 2.24) is 20.1 Å². The Morgan fingerprint density at radius 2 is 2.23 bits per heavy atom. The van der Waals surface area contributed by atoms with Crippen LogP contribution in [0.4, 0.5) is 0 Å². The highest BCUT2D eigenvalue weighted by atomic mass is 16.5. The highest BCUT2D eigenvalue weighted by molar-refractivity contribution is 5.77. The second kappa shape index (κ2) is 6.70. The zero-order valence-electron chi connectivity index (χ0n) is 12.7. The number of nitrogens with zero attached hydrogens (tertiary/aromatic N) is 3. The molecule has 22 heavy (non-hydrogen) atoms. The van der Waals surface area contributed by atoms with Crippen molar-refractivity contribution in [3.8, 4) is 11.4 Å². The fraction of sp³-hybridized carbons (Fsp3) is 0.438. The minimum atomic E-state index is 0.0370. The van der Waals surface area contributed by atoms with Crippen LogP contribution < -0.4 is 0 Å². The topological polar surface area (TPSA) is 71.1 Å². The van der Waals surface area contributed by atoms with E-state index in [1.165, 1.54) is 0 Å². The number of ether oxygens (including phenoxy) is 1. The van der Waals surface area contributed by atoms with Gasteiger partial charge in [-0.25, -0.2) is 4.98 Å². The Labute approximate surface area is 129 Å². The highest BCUT2D eigenvalue weighted by Crippen LogP contribution is 2.26.